The lowest BCUT2D eigenvalue weighted by molar-refractivity contribution is 0.863. The number of hydrogen-bond donors (Lipinski definition) is 2. The van der Waals surface area contributed by atoms with Crippen LogP contribution in [0.4, 0.5) is 5.69 Å². The lowest BCUT2D eigenvalue weighted by Gasteiger charge is -2.18. The van der Waals surface area contributed by atoms with Gasteiger partial charge in [0.25, 0.3) is 0 Å². The molecule has 0 saturated carbocycles. The minimum atomic E-state index is 1.01. The largest absolute Gasteiger partial charge is 0.290 e. The molecule has 64 valence electrons. The fraction of sp³-hybridized carbons (Fsp3) is 0.222. The molecule has 0 aliphatic heterocycles. The molecule has 1 rings (SSSR count). The predicted octanol–water partition coefficient (Wildman–Crippen LogP) is 1.54. The molecule has 0 atom stereocenters. The lowest BCUT2D eigenvalue weighted by Crippen LogP contribution is -2.33. The van der Waals surface area contributed by atoms with E-state index in [-0.39, 0.29) is 0 Å². The topological polar surface area (TPSA) is 39.1 Å². The molecule has 0 radical (unpaired) electrons. The van der Waals surface area contributed by atoms with Crippen LogP contribution in [-0.4, -0.2) is 13.4 Å². The molecular formula is C9H13N3. The van der Waals surface area contributed by atoms with E-state index in [0.717, 1.165) is 11.3 Å². The number of anilines is 1. The number of aryl methyl sites for hydroxylation is 1. The summed E-state index contributed by atoms with van der Waals surface area (Å²) in [5.74, 6) is 0. The summed E-state index contributed by atoms with van der Waals surface area (Å²) in [6.07, 6.45) is 1.25. The fourth-order valence-electron chi connectivity index (χ4n) is 1.09. The second-order valence-corrected chi connectivity index (χ2v) is 2.51. The lowest BCUT2D eigenvalue weighted by atomic mass is 10.2. The van der Waals surface area contributed by atoms with Crippen molar-refractivity contribution < 1.29 is 0 Å². The third-order valence-electron chi connectivity index (χ3n) is 1.74. The summed E-state index contributed by atoms with van der Waals surface area (Å²) < 4.78 is 0. The molecule has 0 amide bonds. The number of rotatable bonds is 3. The molecule has 0 saturated heterocycles. The van der Waals surface area contributed by atoms with E-state index in [2.05, 4.69) is 5.43 Å². The molecule has 12 heavy (non-hydrogen) atoms. The summed E-state index contributed by atoms with van der Waals surface area (Å²) in [6, 6.07) is 7.92. The molecule has 0 aliphatic rings. The monoisotopic (exact) mass is 163 g/mol. The molecule has 3 nitrogen and oxygen atoms in total. The van der Waals surface area contributed by atoms with Gasteiger partial charge in [0.2, 0.25) is 0 Å². The van der Waals surface area contributed by atoms with E-state index < -0.39 is 0 Å². The van der Waals surface area contributed by atoms with Crippen molar-refractivity contribution in [3.63, 3.8) is 0 Å². The Morgan fingerprint density at radius 3 is 2.58 bits per heavy atom. The maximum absolute atomic E-state index is 7.13. The Bertz CT molecular complexity index is 270. The van der Waals surface area contributed by atoms with E-state index >= 15 is 0 Å². The fourth-order valence-corrected chi connectivity index (χ4v) is 1.09. The molecule has 0 spiro atoms. The van der Waals surface area contributed by atoms with E-state index in [1.807, 2.05) is 31.2 Å². The van der Waals surface area contributed by atoms with Gasteiger partial charge in [-0.2, -0.15) is 0 Å². The number of hydrogen-bond acceptors (Lipinski definition) is 2. The van der Waals surface area contributed by atoms with Crippen LogP contribution in [0, 0.1) is 12.3 Å². The molecule has 0 bridgehead atoms. The van der Waals surface area contributed by atoms with Crippen LogP contribution in [0.25, 0.3) is 0 Å². The number of para-hydroxylation sites is 1. The molecule has 0 fully saturated rings. The Morgan fingerprint density at radius 1 is 1.42 bits per heavy atom. The van der Waals surface area contributed by atoms with E-state index in [0.29, 0.717) is 0 Å². The van der Waals surface area contributed by atoms with Crippen molar-refractivity contribution in [2.24, 2.45) is 0 Å². The van der Waals surface area contributed by atoms with Crippen molar-refractivity contribution in [1.82, 2.24) is 5.43 Å². The third kappa shape index (κ3) is 1.62. The summed E-state index contributed by atoms with van der Waals surface area (Å²) in [7, 11) is 1.79. The van der Waals surface area contributed by atoms with E-state index in [1.165, 1.54) is 6.34 Å². The number of nitrogens with zero attached hydrogens (tertiary/aromatic N) is 1. The van der Waals surface area contributed by atoms with Crippen molar-refractivity contribution in [3.05, 3.63) is 29.8 Å². The first kappa shape index (κ1) is 8.74. The molecular weight excluding hydrogens is 150 g/mol. The van der Waals surface area contributed by atoms with Crippen LogP contribution in [0.15, 0.2) is 24.3 Å². The molecule has 0 heterocycles. The summed E-state index contributed by atoms with van der Waals surface area (Å²) in [5.41, 5.74) is 5.06. The summed E-state index contributed by atoms with van der Waals surface area (Å²) in [5, 5.41) is 8.79. The number of hydrazine groups is 1. The van der Waals surface area contributed by atoms with Gasteiger partial charge < -0.3 is 0 Å². The number of nitrogens with one attached hydrogen (secondary N) is 2. The Labute approximate surface area is 72.5 Å². The minimum absolute atomic E-state index is 1.01. The van der Waals surface area contributed by atoms with Gasteiger partial charge in [0.05, 0.1) is 5.69 Å². The Morgan fingerprint density at radius 2 is 2.08 bits per heavy atom. The SMILES string of the molecule is CNN(C=N)c1ccccc1C. The van der Waals surface area contributed by atoms with Crippen LogP contribution in [0.2, 0.25) is 0 Å². The first-order valence-electron chi connectivity index (χ1n) is 3.82. The van der Waals surface area contributed by atoms with Crippen LogP contribution in [0.5, 0.6) is 0 Å². The van der Waals surface area contributed by atoms with Gasteiger partial charge in [-0.15, -0.1) is 0 Å². The Balaban J connectivity index is 3.00. The normalized spacial score (nSPS) is 9.50. The quantitative estimate of drug-likeness (QED) is 0.403. The van der Waals surface area contributed by atoms with Gasteiger partial charge >= 0.3 is 0 Å². The van der Waals surface area contributed by atoms with Crippen LogP contribution in [-0.2, 0) is 0 Å². The van der Waals surface area contributed by atoms with Gasteiger partial charge in [-0.25, -0.2) is 5.43 Å². The van der Waals surface area contributed by atoms with Crippen molar-refractivity contribution in [1.29, 1.82) is 5.41 Å². The van der Waals surface area contributed by atoms with Gasteiger partial charge in [-0.3, -0.25) is 10.4 Å². The second-order valence-electron chi connectivity index (χ2n) is 2.51. The first-order valence-corrected chi connectivity index (χ1v) is 3.82. The maximum Gasteiger partial charge on any atom is 0.101 e. The summed E-state index contributed by atoms with van der Waals surface area (Å²) >= 11 is 0. The molecule has 1 aromatic rings. The zero-order valence-electron chi connectivity index (χ0n) is 7.33. The molecule has 3 heteroatoms. The van der Waals surface area contributed by atoms with Crippen LogP contribution in [0.1, 0.15) is 5.56 Å². The Kier molecular flexibility index (Phi) is 2.82. The first-order chi connectivity index (χ1) is 5.79. The van der Waals surface area contributed by atoms with Gasteiger partial charge in [-0.05, 0) is 18.6 Å². The Hall–Kier alpha value is -1.35. The highest BCUT2D eigenvalue weighted by Crippen LogP contribution is 2.15. The average molecular weight is 163 g/mol. The minimum Gasteiger partial charge on any atom is -0.290 e. The molecule has 0 aromatic heterocycles. The third-order valence-corrected chi connectivity index (χ3v) is 1.74. The highest BCUT2D eigenvalue weighted by molar-refractivity contribution is 5.77. The predicted molar refractivity (Wildman–Crippen MR) is 51.5 cm³/mol. The summed E-state index contributed by atoms with van der Waals surface area (Å²) in [6.45, 7) is 2.02. The molecule has 2 N–H and O–H groups in total. The van der Waals surface area contributed by atoms with Crippen molar-refractivity contribution >= 4 is 12.0 Å². The van der Waals surface area contributed by atoms with Gasteiger partial charge in [0.15, 0.2) is 0 Å². The maximum atomic E-state index is 7.13. The zero-order valence-corrected chi connectivity index (χ0v) is 7.33. The standard InChI is InChI=1S/C9H13N3/c1-8-5-3-4-6-9(8)12(7-10)11-2/h3-7,10-11H,1-2H3. The highest BCUT2D eigenvalue weighted by Gasteiger charge is 2.01. The van der Waals surface area contributed by atoms with E-state index in [1.54, 1.807) is 12.1 Å². The zero-order chi connectivity index (χ0) is 8.97. The molecule has 1 aromatic carbocycles. The van der Waals surface area contributed by atoms with Gasteiger partial charge in [-0.1, -0.05) is 18.2 Å². The van der Waals surface area contributed by atoms with Gasteiger partial charge in [0.1, 0.15) is 6.34 Å². The number of benzene rings is 1. The van der Waals surface area contributed by atoms with E-state index in [9.17, 15) is 0 Å². The van der Waals surface area contributed by atoms with Crippen molar-refractivity contribution in [3.8, 4) is 0 Å². The smallest absolute Gasteiger partial charge is 0.101 e. The van der Waals surface area contributed by atoms with Crippen LogP contribution in [0.3, 0.4) is 0 Å². The van der Waals surface area contributed by atoms with Crippen LogP contribution < -0.4 is 10.4 Å². The molecule has 0 unspecified atom stereocenters. The van der Waals surface area contributed by atoms with E-state index in [4.69, 9.17) is 5.41 Å². The van der Waals surface area contributed by atoms with Crippen molar-refractivity contribution in [2.75, 3.05) is 12.1 Å². The molecule has 0 aliphatic carbocycles. The van der Waals surface area contributed by atoms with Gasteiger partial charge in [0, 0.05) is 7.05 Å². The van der Waals surface area contributed by atoms with Crippen LogP contribution >= 0.6 is 0 Å². The van der Waals surface area contributed by atoms with Crippen molar-refractivity contribution in [2.45, 2.75) is 6.92 Å². The average Bonchev–Trinajstić information content (AvgIpc) is 2.10. The highest BCUT2D eigenvalue weighted by atomic mass is 15.5. The summed E-state index contributed by atoms with van der Waals surface area (Å²) in [4.78, 5) is 0. The second kappa shape index (κ2) is 3.88.